The summed E-state index contributed by atoms with van der Waals surface area (Å²) in [6, 6.07) is 11.8. The molecule has 0 bridgehead atoms. The first-order valence-corrected chi connectivity index (χ1v) is 9.18. The molecule has 0 aromatic heterocycles. The van der Waals surface area contributed by atoms with Crippen molar-refractivity contribution in [3.8, 4) is 17.2 Å². The van der Waals surface area contributed by atoms with E-state index in [1.807, 2.05) is 13.0 Å². The van der Waals surface area contributed by atoms with Gasteiger partial charge in [-0.3, -0.25) is 4.31 Å². The molecule has 0 fully saturated rings. The van der Waals surface area contributed by atoms with Crippen LogP contribution in [0.15, 0.2) is 47.4 Å². The summed E-state index contributed by atoms with van der Waals surface area (Å²) in [6.07, 6.45) is -0.230. The zero-order chi connectivity index (χ0) is 16.7. The third-order valence-corrected chi connectivity index (χ3v) is 5.76. The average Bonchev–Trinajstić information content (AvgIpc) is 2.60. The molecule has 24 heavy (non-hydrogen) atoms. The molecule has 2 aromatic carbocycles. The van der Waals surface area contributed by atoms with Crippen LogP contribution in [-0.2, 0) is 10.0 Å². The summed E-state index contributed by atoms with van der Waals surface area (Å²) in [6.45, 7) is 2.98. The maximum atomic E-state index is 13.2. The highest BCUT2D eigenvalue weighted by Crippen LogP contribution is 2.38. The predicted octanol–water partition coefficient (Wildman–Crippen LogP) is 2.43. The van der Waals surface area contributed by atoms with E-state index in [-0.39, 0.29) is 17.5 Å². The molecule has 126 valence electrons. The Balaban J connectivity index is 1.78. The van der Waals surface area contributed by atoms with Crippen LogP contribution in [0, 0.1) is 0 Å². The molecule has 2 aliphatic rings. The van der Waals surface area contributed by atoms with E-state index in [4.69, 9.17) is 14.2 Å². The summed E-state index contributed by atoms with van der Waals surface area (Å²) < 4.78 is 44.4. The van der Waals surface area contributed by atoms with Gasteiger partial charge in [0.2, 0.25) is 0 Å². The molecule has 1 atom stereocenters. The number of benzene rings is 2. The summed E-state index contributed by atoms with van der Waals surface area (Å²) in [5.74, 6) is 1.59. The Labute approximate surface area is 140 Å². The maximum absolute atomic E-state index is 13.2. The van der Waals surface area contributed by atoms with Gasteiger partial charge in [-0.15, -0.1) is 0 Å². The highest BCUT2D eigenvalue weighted by molar-refractivity contribution is 7.92. The Morgan fingerprint density at radius 2 is 1.75 bits per heavy atom. The van der Waals surface area contributed by atoms with Crippen LogP contribution in [0.1, 0.15) is 6.92 Å². The number of rotatable bonds is 2. The second-order valence-corrected chi connectivity index (χ2v) is 7.60. The van der Waals surface area contributed by atoms with Crippen LogP contribution >= 0.6 is 0 Å². The van der Waals surface area contributed by atoms with E-state index in [0.717, 1.165) is 0 Å². The summed E-state index contributed by atoms with van der Waals surface area (Å²) >= 11 is 0. The minimum atomic E-state index is -3.72. The molecule has 2 aliphatic heterocycles. The third kappa shape index (κ3) is 2.45. The van der Waals surface area contributed by atoms with Gasteiger partial charge in [-0.2, -0.15) is 0 Å². The van der Waals surface area contributed by atoms with Crippen LogP contribution in [0.5, 0.6) is 17.2 Å². The number of hydrogen-bond donors (Lipinski definition) is 0. The number of anilines is 1. The molecular weight excluding hydrogens is 330 g/mol. The lowest BCUT2D eigenvalue weighted by Crippen LogP contribution is -2.42. The van der Waals surface area contributed by atoms with Gasteiger partial charge in [0.05, 0.1) is 17.1 Å². The Kier molecular flexibility index (Phi) is 3.53. The Morgan fingerprint density at radius 1 is 1.00 bits per heavy atom. The molecule has 0 saturated carbocycles. The first kappa shape index (κ1) is 15.1. The topological polar surface area (TPSA) is 65.1 Å². The van der Waals surface area contributed by atoms with E-state index in [2.05, 4.69) is 0 Å². The van der Waals surface area contributed by atoms with Gasteiger partial charge in [0, 0.05) is 6.07 Å². The van der Waals surface area contributed by atoms with E-state index < -0.39 is 10.0 Å². The van der Waals surface area contributed by atoms with Crippen molar-refractivity contribution in [2.24, 2.45) is 0 Å². The fourth-order valence-electron chi connectivity index (χ4n) is 2.89. The van der Waals surface area contributed by atoms with Crippen molar-refractivity contribution in [2.45, 2.75) is 17.9 Å². The van der Waals surface area contributed by atoms with E-state index in [1.54, 1.807) is 30.3 Å². The standard InChI is InChI=1S/C17H17NO5S/c1-12-11-18(14-4-2-3-5-15(14)23-12)24(19,20)13-6-7-16-17(10-13)22-9-8-21-16/h2-7,10,12H,8-9,11H2,1H3. The Bertz CT molecular complexity index is 880. The monoisotopic (exact) mass is 347 g/mol. The van der Waals surface area contributed by atoms with Crippen LogP contribution in [0.3, 0.4) is 0 Å². The van der Waals surface area contributed by atoms with Gasteiger partial charge >= 0.3 is 0 Å². The van der Waals surface area contributed by atoms with Crippen LogP contribution in [0.4, 0.5) is 5.69 Å². The predicted molar refractivity (Wildman–Crippen MR) is 88.5 cm³/mol. The minimum absolute atomic E-state index is 0.177. The molecular formula is C17H17NO5S. The van der Waals surface area contributed by atoms with Crippen molar-refractivity contribution in [3.05, 3.63) is 42.5 Å². The van der Waals surface area contributed by atoms with Gasteiger partial charge in [-0.05, 0) is 31.2 Å². The molecule has 6 nitrogen and oxygen atoms in total. The van der Waals surface area contributed by atoms with Crippen molar-refractivity contribution in [3.63, 3.8) is 0 Å². The normalized spacial score (nSPS) is 19.4. The molecule has 2 aromatic rings. The van der Waals surface area contributed by atoms with Crippen LogP contribution < -0.4 is 18.5 Å². The maximum Gasteiger partial charge on any atom is 0.264 e. The summed E-state index contributed by atoms with van der Waals surface area (Å²) in [7, 11) is -3.72. The average molecular weight is 347 g/mol. The molecule has 4 rings (SSSR count). The molecule has 2 heterocycles. The first-order valence-electron chi connectivity index (χ1n) is 7.74. The van der Waals surface area contributed by atoms with Gasteiger partial charge < -0.3 is 14.2 Å². The lowest BCUT2D eigenvalue weighted by molar-refractivity contribution is 0.171. The van der Waals surface area contributed by atoms with Crippen molar-refractivity contribution in [1.82, 2.24) is 0 Å². The van der Waals surface area contributed by atoms with Crippen molar-refractivity contribution in [1.29, 1.82) is 0 Å². The fraction of sp³-hybridized carbons (Fsp3) is 0.294. The molecule has 0 aliphatic carbocycles. The zero-order valence-electron chi connectivity index (χ0n) is 13.1. The van der Waals surface area contributed by atoms with Crippen LogP contribution in [0.2, 0.25) is 0 Å². The molecule has 0 saturated heterocycles. The molecule has 0 N–H and O–H groups in total. The largest absolute Gasteiger partial charge is 0.487 e. The summed E-state index contributed by atoms with van der Waals surface area (Å²) in [5, 5.41) is 0. The smallest absolute Gasteiger partial charge is 0.264 e. The highest BCUT2D eigenvalue weighted by Gasteiger charge is 2.33. The van der Waals surface area contributed by atoms with Crippen molar-refractivity contribution >= 4 is 15.7 Å². The van der Waals surface area contributed by atoms with Gasteiger partial charge in [-0.25, -0.2) is 8.42 Å². The Hall–Kier alpha value is -2.41. The molecule has 0 spiro atoms. The van der Waals surface area contributed by atoms with Crippen molar-refractivity contribution < 1.29 is 22.6 Å². The number of para-hydroxylation sites is 2. The quantitative estimate of drug-likeness (QED) is 0.835. The van der Waals surface area contributed by atoms with Crippen molar-refractivity contribution in [2.75, 3.05) is 24.1 Å². The number of hydrogen-bond acceptors (Lipinski definition) is 5. The third-order valence-electron chi connectivity index (χ3n) is 3.99. The molecule has 7 heteroatoms. The van der Waals surface area contributed by atoms with Gasteiger partial charge in [0.15, 0.2) is 11.5 Å². The highest BCUT2D eigenvalue weighted by atomic mass is 32.2. The zero-order valence-corrected chi connectivity index (χ0v) is 14.0. The SMILES string of the molecule is CC1CN(S(=O)(=O)c2ccc3c(c2)OCCO3)c2ccccc2O1. The van der Waals surface area contributed by atoms with E-state index in [0.29, 0.717) is 36.1 Å². The first-order chi connectivity index (χ1) is 11.6. The van der Waals surface area contributed by atoms with Gasteiger partial charge in [0.1, 0.15) is 25.1 Å². The van der Waals surface area contributed by atoms with Gasteiger partial charge in [-0.1, -0.05) is 12.1 Å². The molecule has 0 radical (unpaired) electrons. The fourth-order valence-corrected chi connectivity index (χ4v) is 4.45. The second-order valence-electron chi connectivity index (χ2n) is 5.74. The molecule has 1 unspecified atom stereocenters. The number of fused-ring (bicyclic) bond motifs is 2. The Morgan fingerprint density at radius 3 is 2.58 bits per heavy atom. The van der Waals surface area contributed by atoms with E-state index in [9.17, 15) is 8.42 Å². The van der Waals surface area contributed by atoms with Gasteiger partial charge in [0.25, 0.3) is 10.0 Å². The summed E-state index contributed by atoms with van der Waals surface area (Å²) in [5.41, 5.74) is 0.547. The van der Waals surface area contributed by atoms with E-state index in [1.165, 1.54) is 10.4 Å². The number of nitrogens with zero attached hydrogens (tertiary/aromatic N) is 1. The lowest BCUT2D eigenvalue weighted by Gasteiger charge is -2.34. The minimum Gasteiger partial charge on any atom is -0.487 e. The van der Waals surface area contributed by atoms with E-state index >= 15 is 0 Å². The van der Waals surface area contributed by atoms with Crippen LogP contribution in [0.25, 0.3) is 0 Å². The number of sulfonamides is 1. The second kappa shape index (κ2) is 5.59. The van der Waals surface area contributed by atoms with Crippen LogP contribution in [-0.4, -0.2) is 34.3 Å². The number of ether oxygens (including phenoxy) is 3. The lowest BCUT2D eigenvalue weighted by atomic mass is 10.2. The molecule has 0 amide bonds. The summed E-state index contributed by atoms with van der Waals surface area (Å²) in [4.78, 5) is 0.177.